The fourth-order valence-electron chi connectivity index (χ4n) is 2.76. The number of nitrogens with one attached hydrogen (secondary N) is 1. The van der Waals surface area contributed by atoms with E-state index in [2.05, 4.69) is 40.5 Å². The molecule has 2 rings (SSSR count). The van der Waals surface area contributed by atoms with E-state index in [9.17, 15) is 9.59 Å². The van der Waals surface area contributed by atoms with Crippen LogP contribution in [0.25, 0.3) is 0 Å². The molecule has 0 saturated carbocycles. The van der Waals surface area contributed by atoms with E-state index in [1.807, 2.05) is 0 Å². The molecule has 1 aromatic carbocycles. The summed E-state index contributed by atoms with van der Waals surface area (Å²) in [6.45, 7) is 4.17. The quantitative estimate of drug-likeness (QED) is 0.455. The van der Waals surface area contributed by atoms with Gasteiger partial charge in [-0.1, -0.05) is 18.2 Å². The first-order valence-corrected chi connectivity index (χ1v) is 8.70. The number of para-hydroxylation sites is 1. The molecule has 26 heavy (non-hydrogen) atoms. The lowest BCUT2D eigenvalue weighted by atomic mass is 10.2. The summed E-state index contributed by atoms with van der Waals surface area (Å²) in [4.78, 5) is 21.6. The van der Waals surface area contributed by atoms with Crippen molar-refractivity contribution in [3.8, 4) is 0 Å². The van der Waals surface area contributed by atoms with Gasteiger partial charge in [-0.2, -0.15) is 0 Å². The maximum absolute atomic E-state index is 9.55. The van der Waals surface area contributed by atoms with E-state index in [0.29, 0.717) is 18.2 Å². The second-order valence-corrected chi connectivity index (χ2v) is 5.89. The van der Waals surface area contributed by atoms with E-state index < -0.39 is 11.9 Å². The van der Waals surface area contributed by atoms with Crippen molar-refractivity contribution >= 4 is 17.6 Å². The smallest absolute Gasteiger partial charge is 0.328 e. The lowest BCUT2D eigenvalue weighted by molar-refractivity contribution is -0.134. The van der Waals surface area contributed by atoms with Crippen LogP contribution >= 0.6 is 0 Å². The van der Waals surface area contributed by atoms with E-state index in [1.54, 1.807) is 7.11 Å². The molecule has 1 atom stereocenters. The molecule has 1 heterocycles. The van der Waals surface area contributed by atoms with Crippen LogP contribution in [0.1, 0.15) is 19.3 Å². The van der Waals surface area contributed by atoms with Crippen LogP contribution in [0.2, 0.25) is 0 Å². The Morgan fingerprint density at radius 2 is 1.88 bits per heavy atom. The Hall–Kier alpha value is -2.38. The fraction of sp³-hybridized carbons (Fsp3) is 0.474. The zero-order valence-corrected chi connectivity index (χ0v) is 15.1. The third kappa shape index (κ3) is 9.19. The number of benzene rings is 1. The Bertz CT molecular complexity index is 546. The highest BCUT2D eigenvalue weighted by atomic mass is 16.5. The Morgan fingerprint density at radius 3 is 2.46 bits per heavy atom. The molecule has 1 fully saturated rings. The molecule has 1 aliphatic rings. The molecular formula is C19H28N2O5. The number of carboxylic acid groups (broad SMARTS) is 2. The van der Waals surface area contributed by atoms with Crippen molar-refractivity contribution in [2.24, 2.45) is 0 Å². The van der Waals surface area contributed by atoms with E-state index >= 15 is 0 Å². The number of rotatable bonds is 9. The molecule has 0 radical (unpaired) electrons. The number of carbonyl (C=O) groups is 2. The summed E-state index contributed by atoms with van der Waals surface area (Å²) in [5.41, 5.74) is 1.36. The monoisotopic (exact) mass is 364 g/mol. The molecule has 7 nitrogen and oxygen atoms in total. The molecule has 144 valence electrons. The molecule has 3 N–H and O–H groups in total. The number of methoxy groups -OCH3 is 1. The zero-order chi connectivity index (χ0) is 19.2. The SMILES string of the molecule is COCCCNCC1CCCN1c1ccccc1.O=C(O)/C=C/C(=O)O. The number of hydrogen-bond acceptors (Lipinski definition) is 5. The minimum Gasteiger partial charge on any atom is -0.478 e. The lowest BCUT2D eigenvalue weighted by Crippen LogP contribution is -2.38. The van der Waals surface area contributed by atoms with Crippen molar-refractivity contribution in [2.75, 3.05) is 38.3 Å². The summed E-state index contributed by atoms with van der Waals surface area (Å²) in [5.74, 6) is -2.51. The Balaban J connectivity index is 0.000000359. The fourth-order valence-corrected chi connectivity index (χ4v) is 2.76. The summed E-state index contributed by atoms with van der Waals surface area (Å²) in [5, 5.41) is 19.2. The highest BCUT2D eigenvalue weighted by Crippen LogP contribution is 2.24. The van der Waals surface area contributed by atoms with Crippen molar-refractivity contribution in [1.29, 1.82) is 0 Å². The summed E-state index contributed by atoms with van der Waals surface area (Å²) >= 11 is 0. The largest absolute Gasteiger partial charge is 0.478 e. The predicted molar refractivity (Wildman–Crippen MR) is 101 cm³/mol. The third-order valence-corrected chi connectivity index (χ3v) is 3.92. The Kier molecular flexibility index (Phi) is 10.8. The summed E-state index contributed by atoms with van der Waals surface area (Å²) in [7, 11) is 1.76. The van der Waals surface area contributed by atoms with Gasteiger partial charge in [0.1, 0.15) is 0 Å². The normalized spacial score (nSPS) is 16.3. The highest BCUT2D eigenvalue weighted by Gasteiger charge is 2.23. The average Bonchev–Trinajstić information content (AvgIpc) is 3.10. The van der Waals surface area contributed by atoms with E-state index in [0.717, 1.165) is 26.1 Å². The number of ether oxygens (including phenoxy) is 1. The summed E-state index contributed by atoms with van der Waals surface area (Å²) in [6, 6.07) is 11.4. The first-order valence-electron chi connectivity index (χ1n) is 8.70. The van der Waals surface area contributed by atoms with Gasteiger partial charge in [0.25, 0.3) is 0 Å². The van der Waals surface area contributed by atoms with Crippen LogP contribution in [0.15, 0.2) is 42.5 Å². The van der Waals surface area contributed by atoms with Gasteiger partial charge in [0.2, 0.25) is 0 Å². The lowest BCUT2D eigenvalue weighted by Gasteiger charge is -2.27. The van der Waals surface area contributed by atoms with Gasteiger partial charge in [0.05, 0.1) is 0 Å². The van der Waals surface area contributed by atoms with Crippen molar-refractivity contribution in [2.45, 2.75) is 25.3 Å². The molecule has 7 heteroatoms. The minimum atomic E-state index is -1.26. The molecule has 0 bridgehead atoms. The third-order valence-electron chi connectivity index (χ3n) is 3.92. The number of anilines is 1. The maximum Gasteiger partial charge on any atom is 0.328 e. The Morgan fingerprint density at radius 1 is 1.23 bits per heavy atom. The zero-order valence-electron chi connectivity index (χ0n) is 15.1. The first-order chi connectivity index (χ1) is 12.5. The van der Waals surface area contributed by atoms with Crippen LogP contribution in [0.3, 0.4) is 0 Å². The van der Waals surface area contributed by atoms with Crippen LogP contribution in [0, 0.1) is 0 Å². The van der Waals surface area contributed by atoms with Crippen molar-refractivity contribution in [3.05, 3.63) is 42.5 Å². The van der Waals surface area contributed by atoms with Gasteiger partial charge in [0, 0.05) is 50.7 Å². The van der Waals surface area contributed by atoms with Gasteiger partial charge in [0.15, 0.2) is 0 Å². The Labute approximate surface area is 154 Å². The minimum absolute atomic E-state index is 0.558. The van der Waals surface area contributed by atoms with Gasteiger partial charge in [-0.15, -0.1) is 0 Å². The van der Waals surface area contributed by atoms with Gasteiger partial charge in [-0.05, 0) is 37.9 Å². The molecule has 0 amide bonds. The number of nitrogens with zero attached hydrogens (tertiary/aromatic N) is 1. The van der Waals surface area contributed by atoms with Gasteiger partial charge >= 0.3 is 11.9 Å². The van der Waals surface area contributed by atoms with Crippen molar-refractivity contribution in [3.63, 3.8) is 0 Å². The number of hydrogen-bond donors (Lipinski definition) is 3. The highest BCUT2D eigenvalue weighted by molar-refractivity contribution is 5.89. The van der Waals surface area contributed by atoms with Crippen LogP contribution in [-0.2, 0) is 14.3 Å². The number of aliphatic carboxylic acids is 2. The second kappa shape index (κ2) is 12.9. The average molecular weight is 364 g/mol. The van der Waals surface area contributed by atoms with Gasteiger partial charge in [-0.3, -0.25) is 0 Å². The first kappa shape index (κ1) is 21.7. The molecule has 1 aliphatic heterocycles. The predicted octanol–water partition coefficient (Wildman–Crippen LogP) is 1.99. The van der Waals surface area contributed by atoms with E-state index in [1.165, 1.54) is 25.1 Å². The van der Waals surface area contributed by atoms with Crippen molar-refractivity contribution < 1.29 is 24.5 Å². The maximum atomic E-state index is 9.55. The van der Waals surface area contributed by atoms with Crippen LogP contribution < -0.4 is 10.2 Å². The standard InChI is InChI=1S/C15H24N2O.C4H4O4/c1-18-12-6-10-16-13-15-9-5-11-17(15)14-7-3-2-4-8-14;5-3(6)1-2-4(7)8/h2-4,7-8,15-16H,5-6,9-13H2,1H3;1-2H,(H,5,6)(H,7,8)/b;2-1+. The van der Waals surface area contributed by atoms with E-state index in [-0.39, 0.29) is 0 Å². The second-order valence-electron chi connectivity index (χ2n) is 5.89. The van der Waals surface area contributed by atoms with E-state index in [4.69, 9.17) is 14.9 Å². The van der Waals surface area contributed by atoms with Gasteiger partial charge in [-0.25, -0.2) is 9.59 Å². The number of carboxylic acids is 2. The van der Waals surface area contributed by atoms with Crippen LogP contribution in [0.5, 0.6) is 0 Å². The molecule has 1 aromatic rings. The molecule has 1 unspecified atom stereocenters. The van der Waals surface area contributed by atoms with Crippen LogP contribution in [-0.4, -0.2) is 61.5 Å². The molecule has 0 spiro atoms. The van der Waals surface area contributed by atoms with Gasteiger partial charge < -0.3 is 25.2 Å². The molecular weight excluding hydrogens is 336 g/mol. The summed E-state index contributed by atoms with van der Waals surface area (Å²) in [6.07, 6.45) is 4.81. The topological polar surface area (TPSA) is 99.1 Å². The molecule has 0 aliphatic carbocycles. The molecule has 0 aromatic heterocycles. The molecule has 1 saturated heterocycles. The van der Waals surface area contributed by atoms with Crippen molar-refractivity contribution in [1.82, 2.24) is 5.32 Å². The summed E-state index contributed by atoms with van der Waals surface area (Å²) < 4.78 is 5.05. The van der Waals surface area contributed by atoms with Crippen LogP contribution in [0.4, 0.5) is 5.69 Å².